The molecule has 3 rings (SSSR count). The highest BCUT2D eigenvalue weighted by atomic mass is 35.5. The first-order valence-electron chi connectivity index (χ1n) is 11.1. The van der Waals surface area contributed by atoms with Gasteiger partial charge in [-0.3, -0.25) is 4.79 Å². The summed E-state index contributed by atoms with van der Waals surface area (Å²) >= 11 is 6.33. The lowest BCUT2D eigenvalue weighted by Crippen LogP contribution is -2.48. The van der Waals surface area contributed by atoms with E-state index >= 15 is 0 Å². The molecule has 0 spiro atoms. The van der Waals surface area contributed by atoms with E-state index in [0.717, 1.165) is 36.4 Å². The molecule has 1 aliphatic carbocycles. The van der Waals surface area contributed by atoms with Gasteiger partial charge in [0, 0.05) is 36.6 Å². The topological polar surface area (TPSA) is 49.9 Å². The summed E-state index contributed by atoms with van der Waals surface area (Å²) in [6, 6.07) is 7.88. The Balaban J connectivity index is 1.59. The largest absolute Gasteiger partial charge is 0.444 e. The Hall–Kier alpha value is -1.75. The third kappa shape index (κ3) is 5.69. The standard InChI is InChI=1S/C24H35ClN2O3/c1-16(2)27(23(29)30-24(3,4)5)15-17-9-8-12-26(14-17)22(28)20-13-19(20)18-10-6-7-11-21(18)25/h6-7,10-11,16-17,19-20H,8-9,12-15H2,1-5H3. The zero-order valence-electron chi connectivity index (χ0n) is 18.9. The van der Waals surface area contributed by atoms with Crippen LogP contribution in [0.3, 0.4) is 0 Å². The molecule has 2 aliphatic rings. The van der Waals surface area contributed by atoms with Crippen molar-refractivity contribution in [2.24, 2.45) is 11.8 Å². The van der Waals surface area contributed by atoms with E-state index in [1.54, 1.807) is 4.90 Å². The normalized spacial score (nSPS) is 24.0. The molecule has 1 aliphatic heterocycles. The van der Waals surface area contributed by atoms with Crippen molar-refractivity contribution in [3.63, 3.8) is 0 Å². The molecule has 1 aromatic carbocycles. The Bertz CT molecular complexity index is 774. The van der Waals surface area contributed by atoms with Gasteiger partial charge in [0.15, 0.2) is 0 Å². The molecule has 0 radical (unpaired) electrons. The van der Waals surface area contributed by atoms with Crippen LogP contribution in [0.25, 0.3) is 0 Å². The fourth-order valence-electron chi connectivity index (χ4n) is 4.33. The third-order valence-corrected chi connectivity index (χ3v) is 6.29. The summed E-state index contributed by atoms with van der Waals surface area (Å²) in [6.07, 6.45) is 2.59. The van der Waals surface area contributed by atoms with Gasteiger partial charge in [-0.1, -0.05) is 29.8 Å². The van der Waals surface area contributed by atoms with Gasteiger partial charge in [-0.25, -0.2) is 4.79 Å². The Morgan fingerprint density at radius 1 is 1.27 bits per heavy atom. The van der Waals surface area contributed by atoms with Crippen LogP contribution in [0.2, 0.25) is 5.02 Å². The van der Waals surface area contributed by atoms with Crippen LogP contribution in [0.5, 0.6) is 0 Å². The van der Waals surface area contributed by atoms with E-state index in [2.05, 4.69) is 0 Å². The molecular weight excluding hydrogens is 400 g/mol. The number of hydrogen-bond donors (Lipinski definition) is 0. The van der Waals surface area contributed by atoms with Crippen molar-refractivity contribution >= 4 is 23.6 Å². The average molecular weight is 435 g/mol. The summed E-state index contributed by atoms with van der Waals surface area (Å²) in [5.74, 6) is 0.782. The zero-order chi connectivity index (χ0) is 22.1. The van der Waals surface area contributed by atoms with Crippen LogP contribution in [0.4, 0.5) is 4.79 Å². The maximum absolute atomic E-state index is 13.1. The van der Waals surface area contributed by atoms with E-state index in [0.29, 0.717) is 13.1 Å². The van der Waals surface area contributed by atoms with Gasteiger partial charge in [0.2, 0.25) is 5.91 Å². The number of carbonyl (C=O) groups excluding carboxylic acids is 2. The van der Waals surface area contributed by atoms with Gasteiger partial charge in [0.1, 0.15) is 5.60 Å². The molecule has 0 bridgehead atoms. The summed E-state index contributed by atoms with van der Waals surface area (Å²) in [4.78, 5) is 29.6. The first kappa shape index (κ1) is 22.9. The van der Waals surface area contributed by atoms with E-state index < -0.39 is 5.60 Å². The van der Waals surface area contributed by atoms with Crippen molar-refractivity contribution in [1.29, 1.82) is 0 Å². The van der Waals surface area contributed by atoms with Gasteiger partial charge in [0.25, 0.3) is 0 Å². The van der Waals surface area contributed by atoms with Gasteiger partial charge in [-0.05, 0) is 77.3 Å². The molecule has 3 unspecified atom stereocenters. The molecule has 1 heterocycles. The molecule has 0 aromatic heterocycles. The number of piperidine rings is 1. The molecule has 2 amide bonds. The van der Waals surface area contributed by atoms with Crippen molar-refractivity contribution in [2.45, 2.75) is 71.4 Å². The highest BCUT2D eigenvalue weighted by Gasteiger charge is 2.47. The predicted molar refractivity (Wildman–Crippen MR) is 120 cm³/mol. The highest BCUT2D eigenvalue weighted by molar-refractivity contribution is 6.31. The van der Waals surface area contributed by atoms with E-state index in [1.165, 1.54) is 0 Å². The van der Waals surface area contributed by atoms with Crippen molar-refractivity contribution in [3.05, 3.63) is 34.9 Å². The first-order chi connectivity index (χ1) is 14.1. The van der Waals surface area contributed by atoms with Crippen molar-refractivity contribution in [3.8, 4) is 0 Å². The SMILES string of the molecule is CC(C)N(CC1CCCN(C(=O)C2CC2c2ccccc2Cl)C1)C(=O)OC(C)(C)C. The molecular formula is C24H35ClN2O3. The Morgan fingerprint density at radius 2 is 1.97 bits per heavy atom. The summed E-state index contributed by atoms with van der Waals surface area (Å²) in [5.41, 5.74) is 0.570. The Morgan fingerprint density at radius 3 is 2.60 bits per heavy atom. The fraction of sp³-hybridized carbons (Fsp3) is 0.667. The molecule has 3 atom stereocenters. The molecule has 1 saturated heterocycles. The second-order valence-electron chi connectivity index (χ2n) is 9.99. The van der Waals surface area contributed by atoms with Gasteiger partial charge in [0.05, 0.1) is 0 Å². The minimum absolute atomic E-state index is 0.0377. The van der Waals surface area contributed by atoms with Crippen LogP contribution in [0.15, 0.2) is 24.3 Å². The molecule has 1 aromatic rings. The second-order valence-corrected chi connectivity index (χ2v) is 10.4. The number of hydrogen-bond acceptors (Lipinski definition) is 3. The molecule has 1 saturated carbocycles. The number of amides is 2. The zero-order valence-corrected chi connectivity index (χ0v) is 19.6. The molecule has 30 heavy (non-hydrogen) atoms. The van der Waals surface area contributed by atoms with Crippen LogP contribution in [0.1, 0.15) is 65.4 Å². The van der Waals surface area contributed by atoms with Gasteiger partial charge >= 0.3 is 6.09 Å². The van der Waals surface area contributed by atoms with E-state index in [9.17, 15) is 9.59 Å². The summed E-state index contributed by atoms with van der Waals surface area (Å²) < 4.78 is 5.59. The quantitative estimate of drug-likeness (QED) is 0.629. The minimum atomic E-state index is -0.515. The summed E-state index contributed by atoms with van der Waals surface area (Å²) in [6.45, 7) is 11.8. The summed E-state index contributed by atoms with van der Waals surface area (Å²) in [7, 11) is 0. The minimum Gasteiger partial charge on any atom is -0.444 e. The number of carbonyl (C=O) groups is 2. The molecule has 6 heteroatoms. The maximum Gasteiger partial charge on any atom is 0.410 e. The Kier molecular flexibility index (Phi) is 7.01. The monoisotopic (exact) mass is 434 g/mol. The van der Waals surface area contributed by atoms with Crippen LogP contribution < -0.4 is 0 Å². The third-order valence-electron chi connectivity index (χ3n) is 5.95. The lowest BCUT2D eigenvalue weighted by Gasteiger charge is -2.37. The van der Waals surface area contributed by atoms with Crippen LogP contribution in [-0.2, 0) is 9.53 Å². The van der Waals surface area contributed by atoms with E-state index in [-0.39, 0.29) is 35.8 Å². The van der Waals surface area contributed by atoms with Gasteiger partial charge < -0.3 is 14.5 Å². The van der Waals surface area contributed by atoms with E-state index in [4.69, 9.17) is 16.3 Å². The van der Waals surface area contributed by atoms with Crippen molar-refractivity contribution < 1.29 is 14.3 Å². The molecule has 5 nitrogen and oxygen atoms in total. The highest BCUT2D eigenvalue weighted by Crippen LogP contribution is 2.50. The lowest BCUT2D eigenvalue weighted by molar-refractivity contribution is -0.134. The first-order valence-corrected chi connectivity index (χ1v) is 11.5. The number of ether oxygens (including phenoxy) is 1. The average Bonchev–Trinajstić information content (AvgIpc) is 3.45. The van der Waals surface area contributed by atoms with Crippen molar-refractivity contribution in [2.75, 3.05) is 19.6 Å². The maximum atomic E-state index is 13.1. The number of benzene rings is 1. The van der Waals surface area contributed by atoms with Crippen molar-refractivity contribution in [1.82, 2.24) is 9.80 Å². The van der Waals surface area contributed by atoms with Crippen LogP contribution >= 0.6 is 11.6 Å². The van der Waals surface area contributed by atoms with Crippen LogP contribution in [-0.4, -0.2) is 53.1 Å². The predicted octanol–water partition coefficient (Wildman–Crippen LogP) is 5.33. The molecule has 0 N–H and O–H groups in total. The van der Waals surface area contributed by atoms with Crippen LogP contribution in [0, 0.1) is 11.8 Å². The molecule has 2 fully saturated rings. The number of nitrogens with zero attached hydrogens (tertiary/aromatic N) is 2. The Labute approximate surface area is 185 Å². The lowest BCUT2D eigenvalue weighted by atomic mass is 9.96. The summed E-state index contributed by atoms with van der Waals surface area (Å²) in [5, 5.41) is 0.749. The van der Waals surface area contributed by atoms with E-state index in [1.807, 2.05) is 63.8 Å². The van der Waals surface area contributed by atoms with Gasteiger partial charge in [-0.2, -0.15) is 0 Å². The smallest absolute Gasteiger partial charge is 0.410 e. The molecule has 166 valence electrons. The second kappa shape index (κ2) is 9.17. The van der Waals surface area contributed by atoms with Gasteiger partial charge in [-0.15, -0.1) is 0 Å². The number of rotatable bonds is 5. The number of halogens is 1. The fourth-order valence-corrected chi connectivity index (χ4v) is 4.61. The number of likely N-dealkylation sites (tertiary alicyclic amines) is 1.